The van der Waals surface area contributed by atoms with Gasteiger partial charge in [-0.3, -0.25) is 0 Å². The van der Waals surface area contributed by atoms with Gasteiger partial charge in [0.2, 0.25) is 0 Å². The maximum atomic E-state index is 8.58. The van der Waals surface area contributed by atoms with Crippen LogP contribution in [0.25, 0.3) is 0 Å². The minimum atomic E-state index is -0.714. The van der Waals surface area contributed by atoms with E-state index in [1.54, 1.807) is 0 Å². The molecule has 0 bridgehead atoms. The van der Waals surface area contributed by atoms with Crippen molar-refractivity contribution in [3.63, 3.8) is 0 Å². The maximum Gasteiger partial charge on any atom is 0.161 e. The van der Waals surface area contributed by atoms with Crippen molar-refractivity contribution in [2.75, 3.05) is 6.61 Å². The van der Waals surface area contributed by atoms with Crippen LogP contribution in [-0.4, -0.2) is 18.0 Å². The fourth-order valence-electron chi connectivity index (χ4n) is 0.552. The summed E-state index contributed by atoms with van der Waals surface area (Å²) in [5.74, 6) is 0. The molecule has 1 aliphatic heterocycles. The van der Waals surface area contributed by atoms with E-state index in [1.807, 2.05) is 0 Å². The average molecular weight is 100 g/mol. The molecule has 1 rings (SSSR count). The predicted octanol–water partition coefficient (Wildman–Crippen LogP) is 0.196. The predicted molar refractivity (Wildman–Crippen MR) is 24.4 cm³/mol. The molecule has 1 N–H and O–H groups in total. The van der Waals surface area contributed by atoms with E-state index < -0.39 is 6.29 Å². The van der Waals surface area contributed by atoms with E-state index >= 15 is 0 Å². The van der Waals surface area contributed by atoms with E-state index in [2.05, 4.69) is 6.42 Å². The molecular weight excluding hydrogens is 92.1 g/mol. The fourth-order valence-corrected chi connectivity index (χ4v) is 0.552. The van der Waals surface area contributed by atoms with E-state index in [1.165, 1.54) is 0 Å². The second-order valence-corrected chi connectivity index (χ2v) is 1.53. The van der Waals surface area contributed by atoms with Gasteiger partial charge in [0.05, 0.1) is 0 Å². The molecule has 0 saturated carbocycles. The van der Waals surface area contributed by atoms with Crippen molar-refractivity contribution in [2.45, 2.75) is 19.1 Å². The van der Waals surface area contributed by atoms with E-state index in [4.69, 9.17) is 9.84 Å². The molecule has 0 aromatic carbocycles. The van der Waals surface area contributed by atoms with E-state index in [0.717, 1.165) is 12.8 Å². The highest BCUT2D eigenvalue weighted by molar-refractivity contribution is 4.71. The molecule has 1 saturated heterocycles. The fraction of sp³-hybridized carbons (Fsp3) is 0.800. The smallest absolute Gasteiger partial charge is 0.161 e. The topological polar surface area (TPSA) is 29.5 Å². The Morgan fingerprint density at radius 1 is 1.71 bits per heavy atom. The van der Waals surface area contributed by atoms with Crippen molar-refractivity contribution in [2.24, 2.45) is 0 Å². The van der Waals surface area contributed by atoms with Gasteiger partial charge in [-0.15, -0.1) is 0 Å². The van der Waals surface area contributed by atoms with Gasteiger partial charge in [-0.05, 0) is 12.8 Å². The number of aliphatic hydroxyl groups excluding tert-OH is 1. The number of ether oxygens (including phenoxy) is 1. The first-order chi connectivity index (χ1) is 3.39. The largest absolute Gasteiger partial charge is 0.367 e. The molecule has 1 fully saturated rings. The quantitative estimate of drug-likeness (QED) is 0.471. The van der Waals surface area contributed by atoms with Gasteiger partial charge < -0.3 is 9.84 Å². The Morgan fingerprint density at radius 3 is 2.86 bits per heavy atom. The molecule has 1 unspecified atom stereocenters. The Morgan fingerprint density at radius 2 is 2.57 bits per heavy atom. The average Bonchev–Trinajstić information content (AvgIpc) is 1.69. The number of rotatable bonds is 0. The molecule has 0 spiro atoms. The second-order valence-electron chi connectivity index (χ2n) is 1.53. The molecule has 0 aliphatic carbocycles. The highest BCUT2D eigenvalue weighted by Crippen LogP contribution is 2.07. The summed E-state index contributed by atoms with van der Waals surface area (Å²) in [5.41, 5.74) is 0. The molecule has 0 aromatic rings. The lowest BCUT2D eigenvalue weighted by Gasteiger charge is -2.15. The summed E-state index contributed by atoms with van der Waals surface area (Å²) in [7, 11) is 0. The third kappa shape index (κ3) is 1.45. The maximum absolute atomic E-state index is 8.58. The van der Waals surface area contributed by atoms with E-state index in [9.17, 15) is 0 Å². The molecule has 0 amide bonds. The number of hydrogen-bond donors (Lipinski definition) is 1. The van der Waals surface area contributed by atoms with Crippen molar-refractivity contribution in [3.8, 4) is 0 Å². The summed E-state index contributed by atoms with van der Waals surface area (Å²) in [4.78, 5) is 0. The van der Waals surface area contributed by atoms with Gasteiger partial charge in [0, 0.05) is 13.0 Å². The van der Waals surface area contributed by atoms with Gasteiger partial charge >= 0.3 is 0 Å². The van der Waals surface area contributed by atoms with Gasteiger partial charge in [-0.1, -0.05) is 0 Å². The minimum Gasteiger partial charge on any atom is -0.367 e. The lowest BCUT2D eigenvalue weighted by atomic mass is 10.2. The van der Waals surface area contributed by atoms with Crippen LogP contribution in [0.4, 0.5) is 0 Å². The molecular formula is C5H8O2. The highest BCUT2D eigenvalue weighted by Gasteiger charge is 2.08. The first-order valence-electron chi connectivity index (χ1n) is 2.42. The highest BCUT2D eigenvalue weighted by atomic mass is 16.6. The van der Waals surface area contributed by atoms with Gasteiger partial charge in [-0.2, -0.15) is 0 Å². The summed E-state index contributed by atoms with van der Waals surface area (Å²) in [5, 5.41) is 8.58. The summed E-state index contributed by atoms with van der Waals surface area (Å²) in [6.07, 6.45) is 3.86. The first kappa shape index (κ1) is 5.06. The van der Waals surface area contributed by atoms with Crippen molar-refractivity contribution in [1.29, 1.82) is 0 Å². The molecule has 1 aliphatic rings. The molecule has 2 nitrogen and oxygen atoms in total. The summed E-state index contributed by atoms with van der Waals surface area (Å²) in [6, 6.07) is 0. The SMILES string of the molecule is OC1[C]CCCO1. The molecule has 7 heavy (non-hydrogen) atoms. The number of aliphatic hydroxyl groups is 1. The lowest BCUT2D eigenvalue weighted by Crippen LogP contribution is -2.18. The van der Waals surface area contributed by atoms with Crippen molar-refractivity contribution >= 4 is 0 Å². The van der Waals surface area contributed by atoms with Gasteiger partial charge in [0.25, 0.3) is 0 Å². The van der Waals surface area contributed by atoms with Gasteiger partial charge in [0.15, 0.2) is 6.29 Å². The Hall–Kier alpha value is -0.0800. The zero-order chi connectivity index (χ0) is 5.11. The normalized spacial score (nSPS) is 33.0. The van der Waals surface area contributed by atoms with Crippen LogP contribution in [0.5, 0.6) is 0 Å². The zero-order valence-corrected chi connectivity index (χ0v) is 4.05. The van der Waals surface area contributed by atoms with Crippen LogP contribution in [-0.2, 0) is 4.74 Å². The molecule has 2 radical (unpaired) electrons. The van der Waals surface area contributed by atoms with E-state index in [-0.39, 0.29) is 0 Å². The molecule has 2 heteroatoms. The van der Waals surface area contributed by atoms with Crippen LogP contribution >= 0.6 is 0 Å². The first-order valence-corrected chi connectivity index (χ1v) is 2.42. The van der Waals surface area contributed by atoms with Crippen LogP contribution in [0.3, 0.4) is 0 Å². The summed E-state index contributed by atoms with van der Waals surface area (Å²) < 4.78 is 4.72. The van der Waals surface area contributed by atoms with Crippen LogP contribution in [0, 0.1) is 6.42 Å². The Kier molecular flexibility index (Phi) is 1.65. The Bertz CT molecular complexity index is 48.0. The Labute approximate surface area is 43.1 Å². The standard InChI is InChI=1S/C5H8O2/c6-5-3-1-2-4-7-5/h5-6H,1-2,4H2. The third-order valence-corrected chi connectivity index (χ3v) is 0.916. The lowest BCUT2D eigenvalue weighted by molar-refractivity contribution is -0.0922. The third-order valence-electron chi connectivity index (χ3n) is 0.916. The Balaban J connectivity index is 2.12. The van der Waals surface area contributed by atoms with Crippen LogP contribution in [0.1, 0.15) is 12.8 Å². The summed E-state index contributed by atoms with van der Waals surface area (Å²) in [6.45, 7) is 0.675. The molecule has 1 atom stereocenters. The molecule has 0 aromatic heterocycles. The number of hydrogen-bond acceptors (Lipinski definition) is 2. The second kappa shape index (κ2) is 2.28. The zero-order valence-electron chi connectivity index (χ0n) is 4.05. The van der Waals surface area contributed by atoms with Crippen LogP contribution < -0.4 is 0 Å². The minimum absolute atomic E-state index is 0.675. The van der Waals surface area contributed by atoms with Crippen LogP contribution in [0.2, 0.25) is 0 Å². The summed E-state index contributed by atoms with van der Waals surface area (Å²) >= 11 is 0. The van der Waals surface area contributed by atoms with Crippen LogP contribution in [0.15, 0.2) is 0 Å². The van der Waals surface area contributed by atoms with Gasteiger partial charge in [0.1, 0.15) is 0 Å². The monoisotopic (exact) mass is 100 g/mol. The van der Waals surface area contributed by atoms with Crippen molar-refractivity contribution < 1.29 is 9.84 Å². The molecule has 40 valence electrons. The van der Waals surface area contributed by atoms with Crippen molar-refractivity contribution in [1.82, 2.24) is 0 Å². The molecule has 1 heterocycles. The van der Waals surface area contributed by atoms with Gasteiger partial charge in [-0.25, -0.2) is 0 Å². The van der Waals surface area contributed by atoms with Crippen molar-refractivity contribution in [3.05, 3.63) is 6.42 Å². The van der Waals surface area contributed by atoms with E-state index in [0.29, 0.717) is 6.61 Å².